The van der Waals surface area contributed by atoms with E-state index in [1.165, 1.54) is 5.56 Å². The zero-order valence-corrected chi connectivity index (χ0v) is 13.9. The second-order valence-corrected chi connectivity index (χ2v) is 6.65. The number of carboxylic acids is 1. The summed E-state index contributed by atoms with van der Waals surface area (Å²) in [6.45, 7) is 0.532. The number of aliphatic carboxylic acids is 1. The lowest BCUT2D eigenvalue weighted by molar-refractivity contribution is -0.138. The van der Waals surface area contributed by atoms with Crippen LogP contribution in [0.5, 0.6) is 0 Å². The Bertz CT molecular complexity index is 507. The van der Waals surface area contributed by atoms with E-state index < -0.39 is 5.97 Å². The van der Waals surface area contributed by atoms with Gasteiger partial charge in [0.15, 0.2) is 0 Å². The van der Waals surface area contributed by atoms with Crippen LogP contribution in [-0.4, -0.2) is 35.5 Å². The van der Waals surface area contributed by atoms with E-state index in [9.17, 15) is 9.59 Å². The lowest BCUT2D eigenvalue weighted by atomic mass is 9.77. The van der Waals surface area contributed by atoms with Crippen LogP contribution in [0.2, 0.25) is 0 Å². The van der Waals surface area contributed by atoms with Crippen molar-refractivity contribution >= 4 is 11.9 Å². The monoisotopic (exact) mass is 317 g/mol. The standard InChI is InChI=1S/C19H27NO3/c1-20(13-5-8-19(22)23)18(21)14-15-9-11-17(12-10-15)16-6-3-2-4-7-16/h2-4,6-7,15,17H,5,8-14H2,1H3,(H,22,23). The van der Waals surface area contributed by atoms with E-state index in [0.29, 0.717) is 31.2 Å². The lowest BCUT2D eigenvalue weighted by Gasteiger charge is -2.29. The van der Waals surface area contributed by atoms with Gasteiger partial charge in [-0.3, -0.25) is 9.59 Å². The predicted molar refractivity (Wildman–Crippen MR) is 90.3 cm³/mol. The summed E-state index contributed by atoms with van der Waals surface area (Å²) in [5.74, 6) is 0.462. The van der Waals surface area contributed by atoms with Crippen LogP contribution < -0.4 is 0 Å². The highest BCUT2D eigenvalue weighted by molar-refractivity contribution is 5.76. The van der Waals surface area contributed by atoms with Crippen molar-refractivity contribution in [3.8, 4) is 0 Å². The van der Waals surface area contributed by atoms with Crippen LogP contribution >= 0.6 is 0 Å². The largest absolute Gasteiger partial charge is 0.481 e. The fraction of sp³-hybridized carbons (Fsp3) is 0.579. The highest BCUT2D eigenvalue weighted by atomic mass is 16.4. The Kier molecular flexibility index (Phi) is 6.63. The third kappa shape index (κ3) is 5.70. The smallest absolute Gasteiger partial charge is 0.303 e. The van der Waals surface area contributed by atoms with E-state index in [4.69, 9.17) is 5.11 Å². The highest BCUT2D eigenvalue weighted by Crippen LogP contribution is 2.37. The van der Waals surface area contributed by atoms with Crippen molar-refractivity contribution < 1.29 is 14.7 Å². The van der Waals surface area contributed by atoms with Crippen LogP contribution in [0.4, 0.5) is 0 Å². The maximum absolute atomic E-state index is 12.2. The van der Waals surface area contributed by atoms with Gasteiger partial charge in [0.05, 0.1) is 0 Å². The van der Waals surface area contributed by atoms with Gasteiger partial charge in [0.25, 0.3) is 0 Å². The van der Waals surface area contributed by atoms with Gasteiger partial charge in [0.1, 0.15) is 0 Å². The zero-order chi connectivity index (χ0) is 16.7. The summed E-state index contributed by atoms with van der Waals surface area (Å²) in [5.41, 5.74) is 1.42. The molecule has 1 amide bonds. The van der Waals surface area contributed by atoms with Crippen LogP contribution in [0.25, 0.3) is 0 Å². The van der Waals surface area contributed by atoms with Gasteiger partial charge in [0, 0.05) is 26.4 Å². The quantitative estimate of drug-likeness (QED) is 0.834. The van der Waals surface area contributed by atoms with Crippen LogP contribution in [0.15, 0.2) is 30.3 Å². The number of carboxylic acid groups (broad SMARTS) is 1. The minimum absolute atomic E-state index is 0.125. The summed E-state index contributed by atoms with van der Waals surface area (Å²) in [4.78, 5) is 24.4. The molecule has 1 aromatic carbocycles. The van der Waals surface area contributed by atoms with Gasteiger partial charge >= 0.3 is 5.97 Å². The van der Waals surface area contributed by atoms with E-state index in [-0.39, 0.29) is 12.3 Å². The number of hydrogen-bond donors (Lipinski definition) is 1. The molecular weight excluding hydrogens is 290 g/mol. The summed E-state index contributed by atoms with van der Waals surface area (Å²) in [5, 5.41) is 8.64. The number of nitrogens with zero attached hydrogens (tertiary/aromatic N) is 1. The number of amides is 1. The molecule has 0 aliphatic heterocycles. The molecule has 1 aliphatic rings. The molecule has 0 heterocycles. The Morgan fingerprint density at radius 3 is 2.39 bits per heavy atom. The molecular formula is C19H27NO3. The third-order valence-electron chi connectivity index (χ3n) is 4.89. The molecule has 1 N–H and O–H groups in total. The van der Waals surface area contributed by atoms with Crippen molar-refractivity contribution in [1.29, 1.82) is 0 Å². The molecule has 0 radical (unpaired) electrons. The fourth-order valence-electron chi connectivity index (χ4n) is 3.42. The van der Waals surface area contributed by atoms with E-state index in [1.54, 1.807) is 11.9 Å². The molecule has 0 unspecified atom stereocenters. The predicted octanol–water partition coefficient (Wildman–Crippen LogP) is 3.67. The molecule has 2 rings (SSSR count). The lowest BCUT2D eigenvalue weighted by Crippen LogP contribution is -2.30. The molecule has 1 fully saturated rings. The third-order valence-corrected chi connectivity index (χ3v) is 4.89. The first-order valence-electron chi connectivity index (χ1n) is 8.57. The fourth-order valence-corrected chi connectivity index (χ4v) is 3.42. The van der Waals surface area contributed by atoms with Crippen molar-refractivity contribution in [1.82, 2.24) is 4.90 Å². The SMILES string of the molecule is CN(CCCC(=O)O)C(=O)CC1CCC(c2ccccc2)CC1. The summed E-state index contributed by atoms with van der Waals surface area (Å²) in [6, 6.07) is 10.6. The molecule has 0 aromatic heterocycles. The molecule has 1 aliphatic carbocycles. The molecule has 0 saturated heterocycles. The number of rotatable bonds is 7. The molecule has 1 saturated carbocycles. The van der Waals surface area contributed by atoms with Crippen molar-refractivity contribution in [2.24, 2.45) is 5.92 Å². The van der Waals surface area contributed by atoms with E-state index >= 15 is 0 Å². The number of carbonyl (C=O) groups is 2. The Balaban J connectivity index is 1.71. The second-order valence-electron chi connectivity index (χ2n) is 6.65. The van der Waals surface area contributed by atoms with Gasteiger partial charge in [-0.05, 0) is 49.5 Å². The van der Waals surface area contributed by atoms with Crippen LogP contribution in [0.1, 0.15) is 56.4 Å². The van der Waals surface area contributed by atoms with Crippen molar-refractivity contribution in [2.75, 3.05) is 13.6 Å². The molecule has 23 heavy (non-hydrogen) atoms. The van der Waals surface area contributed by atoms with Crippen molar-refractivity contribution in [3.63, 3.8) is 0 Å². The first-order valence-corrected chi connectivity index (χ1v) is 8.57. The van der Waals surface area contributed by atoms with Crippen molar-refractivity contribution in [3.05, 3.63) is 35.9 Å². The summed E-state index contributed by atoms with van der Waals surface area (Å²) < 4.78 is 0. The van der Waals surface area contributed by atoms with Gasteiger partial charge in [-0.1, -0.05) is 30.3 Å². The van der Waals surface area contributed by atoms with Gasteiger partial charge in [-0.25, -0.2) is 0 Å². The Labute approximate surface area is 138 Å². The molecule has 0 atom stereocenters. The van der Waals surface area contributed by atoms with E-state index in [1.807, 2.05) is 6.07 Å². The molecule has 4 nitrogen and oxygen atoms in total. The summed E-state index contributed by atoms with van der Waals surface area (Å²) >= 11 is 0. The number of hydrogen-bond acceptors (Lipinski definition) is 2. The Morgan fingerprint density at radius 2 is 1.78 bits per heavy atom. The van der Waals surface area contributed by atoms with Crippen LogP contribution in [0.3, 0.4) is 0 Å². The van der Waals surface area contributed by atoms with Gasteiger partial charge in [0.2, 0.25) is 5.91 Å². The number of carbonyl (C=O) groups excluding carboxylic acids is 1. The maximum atomic E-state index is 12.2. The van der Waals surface area contributed by atoms with Crippen LogP contribution in [-0.2, 0) is 9.59 Å². The zero-order valence-electron chi connectivity index (χ0n) is 13.9. The first kappa shape index (κ1) is 17.5. The van der Waals surface area contributed by atoms with Gasteiger partial charge < -0.3 is 10.0 Å². The highest BCUT2D eigenvalue weighted by Gasteiger charge is 2.24. The van der Waals surface area contributed by atoms with E-state index in [2.05, 4.69) is 24.3 Å². The summed E-state index contributed by atoms with van der Waals surface area (Å²) in [7, 11) is 1.78. The Morgan fingerprint density at radius 1 is 1.13 bits per heavy atom. The maximum Gasteiger partial charge on any atom is 0.303 e. The average Bonchev–Trinajstić information content (AvgIpc) is 2.56. The number of benzene rings is 1. The molecule has 4 heteroatoms. The molecule has 0 bridgehead atoms. The topological polar surface area (TPSA) is 57.6 Å². The minimum Gasteiger partial charge on any atom is -0.481 e. The van der Waals surface area contributed by atoms with Gasteiger partial charge in [-0.2, -0.15) is 0 Å². The van der Waals surface area contributed by atoms with E-state index in [0.717, 1.165) is 25.7 Å². The average molecular weight is 317 g/mol. The second kappa shape index (κ2) is 8.70. The Hall–Kier alpha value is -1.84. The molecule has 126 valence electrons. The first-order chi connectivity index (χ1) is 11.1. The normalized spacial score (nSPS) is 20.9. The molecule has 1 aromatic rings. The minimum atomic E-state index is -0.801. The van der Waals surface area contributed by atoms with Gasteiger partial charge in [-0.15, -0.1) is 0 Å². The van der Waals surface area contributed by atoms with Crippen LogP contribution in [0, 0.1) is 5.92 Å². The molecule has 0 spiro atoms. The van der Waals surface area contributed by atoms with Crippen molar-refractivity contribution in [2.45, 2.75) is 50.9 Å². The summed E-state index contributed by atoms with van der Waals surface area (Å²) in [6.07, 6.45) is 5.78.